The number of benzene rings is 2. The Labute approximate surface area is 224 Å². The van der Waals surface area contributed by atoms with Crippen LogP contribution in [0.15, 0.2) is 55.0 Å². The number of nitrogens with one attached hydrogen (secondary N) is 3. The first kappa shape index (κ1) is 21.1. The van der Waals surface area contributed by atoms with Crippen molar-refractivity contribution in [1.82, 2.24) is 10.3 Å². The van der Waals surface area contributed by atoms with E-state index in [0.717, 1.165) is 12.8 Å². The number of rotatable bonds is 10. The van der Waals surface area contributed by atoms with Crippen LogP contribution in [0.4, 0.5) is 5.69 Å². The first-order valence-corrected chi connectivity index (χ1v) is 11.5. The monoisotopic (exact) mass is 517 g/mol. The number of hydrogen-bond donors (Lipinski definition) is 5. The minimum absolute atomic E-state index is 0.0215. The molecule has 0 saturated heterocycles. The molecule has 0 bridgehead atoms. The average Bonchev–Trinajstić information content (AvgIpc) is 3.80. The molecule has 1 aliphatic rings. The van der Waals surface area contributed by atoms with Crippen molar-refractivity contribution in [2.45, 2.75) is 12.8 Å². The molecule has 10 nitrogen and oxygen atoms in total. The molecule has 10 heteroatoms. The van der Waals surface area contributed by atoms with Gasteiger partial charge in [-0.3, -0.25) is 15.0 Å². The Morgan fingerprint density at radius 2 is 1.92 bits per heavy atom. The molecule has 38 heavy (non-hydrogen) atoms. The van der Waals surface area contributed by atoms with Crippen LogP contribution in [0, 0.1) is 11.3 Å². The Morgan fingerprint density at radius 3 is 2.50 bits per heavy atom. The smallest absolute Gasteiger partial charge is 0.355 e. The molecule has 2 amide bonds. The van der Waals surface area contributed by atoms with Crippen molar-refractivity contribution < 1.29 is 29.7 Å². The number of carboxylic acids is 1. The quantitative estimate of drug-likeness (QED) is 0.201. The third-order valence-corrected chi connectivity index (χ3v) is 5.84. The van der Waals surface area contributed by atoms with E-state index in [-0.39, 0.29) is 28.1 Å². The summed E-state index contributed by atoms with van der Waals surface area (Å²) in [6.07, 6.45) is 3.42. The summed E-state index contributed by atoms with van der Waals surface area (Å²) in [5.41, 5.74) is 4.16. The minimum Gasteiger partial charge on any atom is -0.496 e. The normalized spacial score (nSPS) is 13.8. The Morgan fingerprint density at radius 1 is 1.21 bits per heavy atom. The lowest BCUT2D eigenvalue weighted by Gasteiger charge is -2.16. The number of amides is 2. The van der Waals surface area contributed by atoms with E-state index in [9.17, 15) is 19.5 Å². The fourth-order valence-electron chi connectivity index (χ4n) is 3.65. The maximum Gasteiger partial charge on any atom is 0.355 e. The Balaban J connectivity index is 1.84. The number of methoxy groups -OCH3 is 1. The van der Waals surface area contributed by atoms with E-state index in [2.05, 4.69) is 22.2 Å². The molecule has 0 radical (unpaired) electrons. The van der Waals surface area contributed by atoms with Gasteiger partial charge < -0.3 is 26.2 Å². The molecule has 1 aliphatic carbocycles. The van der Waals surface area contributed by atoms with E-state index in [0.29, 0.717) is 18.0 Å². The van der Waals surface area contributed by atoms with Crippen LogP contribution in [0.3, 0.4) is 0 Å². The van der Waals surface area contributed by atoms with Crippen molar-refractivity contribution in [2.75, 3.05) is 19.0 Å². The maximum absolute atomic E-state index is 13.7. The molecule has 1 saturated carbocycles. The van der Waals surface area contributed by atoms with E-state index >= 15 is 0 Å². The van der Waals surface area contributed by atoms with Gasteiger partial charge in [0.15, 0.2) is 5.69 Å². The molecule has 0 unspecified atom stereocenters. The van der Waals surface area contributed by atoms with Crippen LogP contribution in [0.5, 0.6) is 5.75 Å². The van der Waals surface area contributed by atoms with E-state index in [1.54, 1.807) is 0 Å². The molecule has 4 rings (SSSR count). The highest BCUT2D eigenvalue weighted by atomic mass is 16.5. The van der Waals surface area contributed by atoms with Crippen LogP contribution in [0.25, 0.3) is 17.2 Å². The number of ether oxygens (including phenoxy) is 1. The first-order valence-electron chi connectivity index (χ1n) is 13.5. The Hall–Kier alpha value is -4.99. The fourth-order valence-corrected chi connectivity index (χ4v) is 3.65. The summed E-state index contributed by atoms with van der Waals surface area (Å²) in [7, 11) is 1.37. The van der Waals surface area contributed by atoms with Gasteiger partial charge in [-0.25, -0.2) is 9.78 Å². The zero-order valence-corrected chi connectivity index (χ0v) is 20.4. The summed E-state index contributed by atoms with van der Waals surface area (Å²) in [6.45, 7) is 4.17. The number of carbonyl (C=O) groups is 3. The minimum atomic E-state index is -1.46. The molecule has 0 aliphatic heterocycles. The second kappa shape index (κ2) is 11.0. The van der Waals surface area contributed by atoms with Crippen molar-refractivity contribution in [3.05, 3.63) is 83.1 Å². The van der Waals surface area contributed by atoms with Gasteiger partial charge in [0.05, 0.1) is 12.6 Å². The summed E-state index contributed by atoms with van der Waals surface area (Å²) in [4.78, 5) is 42.6. The number of nitrogen functional groups attached to an aromatic ring is 1. The number of nitrogens with zero attached hydrogens (tertiary/aromatic N) is 1. The van der Waals surface area contributed by atoms with Crippen LogP contribution < -0.4 is 21.1 Å². The van der Waals surface area contributed by atoms with Gasteiger partial charge in [0.25, 0.3) is 11.8 Å². The van der Waals surface area contributed by atoms with Crippen molar-refractivity contribution in [1.29, 1.82) is 5.41 Å². The van der Waals surface area contributed by atoms with E-state index in [1.165, 1.54) is 37.5 Å². The molecule has 194 valence electrons. The first-order chi connectivity index (χ1) is 19.9. The lowest BCUT2D eigenvalue weighted by atomic mass is 9.94. The molecule has 2 aromatic carbocycles. The highest BCUT2D eigenvalue weighted by Crippen LogP contribution is 2.34. The number of amidine groups is 1. The standard InChI is InChI=1S/C28H27N5O5/c1-3-16-12-21(26(34)32-18-8-6-17(7-9-18)25(29)30)20(13-23(16)38-2)19-10-11-22(33-24(19)28(36)37)27(35)31-14-15-4-5-15/h3,6-13,15H,1,4-5,14H2,2H3,(H3,29,30)(H,31,35)(H,32,34)(H,36,37)/i6D,7D,8D,9D. The van der Waals surface area contributed by atoms with Gasteiger partial charge in [-0.1, -0.05) is 12.7 Å². The van der Waals surface area contributed by atoms with Gasteiger partial charge in [0.1, 0.15) is 17.3 Å². The number of aromatic nitrogens is 1. The van der Waals surface area contributed by atoms with Gasteiger partial charge in [0.2, 0.25) is 0 Å². The van der Waals surface area contributed by atoms with Crippen LogP contribution in [0.1, 0.15) is 60.8 Å². The number of nitrogens with two attached hydrogens (primary N) is 1. The van der Waals surface area contributed by atoms with Gasteiger partial charge in [-0.05, 0) is 67.2 Å². The summed E-state index contributed by atoms with van der Waals surface area (Å²) >= 11 is 0. The molecule has 1 fully saturated rings. The number of carboxylic acid groups (broad SMARTS) is 1. The summed E-state index contributed by atoms with van der Waals surface area (Å²) in [5, 5.41) is 22.7. The zero-order valence-electron chi connectivity index (χ0n) is 24.4. The summed E-state index contributed by atoms with van der Waals surface area (Å²) in [5.74, 6) is -2.93. The largest absolute Gasteiger partial charge is 0.496 e. The van der Waals surface area contributed by atoms with Crippen LogP contribution in [-0.4, -0.2) is 47.4 Å². The highest BCUT2D eigenvalue weighted by molar-refractivity contribution is 6.11. The number of anilines is 1. The second-order valence-electron chi connectivity index (χ2n) is 8.51. The molecular formula is C28H27N5O5. The third-order valence-electron chi connectivity index (χ3n) is 5.84. The Kier molecular flexibility index (Phi) is 6.09. The molecule has 3 aromatic rings. The third kappa shape index (κ3) is 5.70. The molecular weight excluding hydrogens is 486 g/mol. The van der Waals surface area contributed by atoms with E-state index in [4.69, 9.17) is 21.4 Å². The number of carbonyl (C=O) groups excluding carboxylic acids is 2. The number of aromatic carboxylic acids is 1. The summed E-state index contributed by atoms with van der Waals surface area (Å²) < 4.78 is 38.2. The second-order valence-corrected chi connectivity index (χ2v) is 8.51. The number of hydrogen-bond acceptors (Lipinski definition) is 6. The number of pyridine rings is 1. The molecule has 0 spiro atoms. The van der Waals surface area contributed by atoms with Crippen molar-refractivity contribution >= 4 is 35.4 Å². The van der Waals surface area contributed by atoms with Crippen molar-refractivity contribution in [3.63, 3.8) is 0 Å². The predicted octanol–water partition coefficient (Wildman–Crippen LogP) is 3.77. The molecule has 1 aromatic heterocycles. The van der Waals surface area contributed by atoms with Gasteiger partial charge in [0, 0.05) is 40.0 Å². The van der Waals surface area contributed by atoms with Gasteiger partial charge in [-0.2, -0.15) is 0 Å². The highest BCUT2D eigenvalue weighted by Gasteiger charge is 2.25. The molecule has 6 N–H and O–H groups in total. The van der Waals surface area contributed by atoms with Gasteiger partial charge >= 0.3 is 5.97 Å². The zero-order chi connectivity index (χ0) is 30.9. The van der Waals surface area contributed by atoms with Crippen LogP contribution in [-0.2, 0) is 0 Å². The van der Waals surface area contributed by atoms with E-state index in [1.807, 2.05) is 0 Å². The maximum atomic E-state index is 13.7. The van der Waals surface area contributed by atoms with Crippen LogP contribution >= 0.6 is 0 Å². The summed E-state index contributed by atoms with van der Waals surface area (Å²) in [6, 6.07) is 2.93. The molecule has 1 heterocycles. The topological polar surface area (TPSA) is 167 Å². The SMILES string of the molecule is [2H]c1c([2H])c(C(=N)N)c([2H])c([2H])c1NC(=O)c1cc(C=C)c(OC)cc1-c1ccc(C(=O)NCC2CC2)nc1C(=O)O. The lowest BCUT2D eigenvalue weighted by molar-refractivity contribution is 0.0691. The predicted molar refractivity (Wildman–Crippen MR) is 144 cm³/mol. The fraction of sp³-hybridized carbons (Fsp3) is 0.179. The molecule has 0 atom stereocenters. The van der Waals surface area contributed by atoms with Crippen LogP contribution in [0.2, 0.25) is 0 Å². The lowest BCUT2D eigenvalue weighted by Crippen LogP contribution is -2.27. The van der Waals surface area contributed by atoms with E-state index < -0.39 is 64.7 Å². The van der Waals surface area contributed by atoms with Crippen molar-refractivity contribution in [2.24, 2.45) is 11.7 Å². The van der Waals surface area contributed by atoms with Crippen molar-refractivity contribution in [3.8, 4) is 16.9 Å². The Bertz CT molecular complexity index is 1640. The van der Waals surface area contributed by atoms with Gasteiger partial charge in [-0.15, -0.1) is 0 Å². The average molecular weight is 518 g/mol.